The van der Waals surface area contributed by atoms with E-state index in [-0.39, 0.29) is 22.4 Å². The van der Waals surface area contributed by atoms with E-state index in [1.54, 1.807) is 0 Å². The molecule has 2 nitrogen and oxygen atoms in total. The van der Waals surface area contributed by atoms with Crippen LogP contribution in [0.25, 0.3) is 0 Å². The van der Waals surface area contributed by atoms with Crippen LogP contribution in [-0.2, 0) is 4.74 Å². The van der Waals surface area contributed by atoms with Crippen LogP contribution in [0.5, 0.6) is 0 Å². The Morgan fingerprint density at radius 1 is 1.38 bits per heavy atom. The maximum absolute atomic E-state index is 14.1. The van der Waals surface area contributed by atoms with Crippen LogP contribution in [0.1, 0.15) is 50.6 Å². The Labute approximate surface area is 133 Å². The van der Waals surface area contributed by atoms with Gasteiger partial charge < -0.3 is 10.1 Å². The SMILES string of the molecule is CCCNC(CCC1CCCO1)c1cc(F)c(Br)cc1F. The highest BCUT2D eigenvalue weighted by Gasteiger charge is 2.21. The standard InChI is InChI=1S/C16H22BrF2NO/c1-2-7-20-16(6-5-11-4-3-8-21-11)12-9-15(19)13(17)10-14(12)18/h9-11,16,20H,2-8H2,1H3. The molecule has 0 aromatic heterocycles. The van der Waals surface area contributed by atoms with Crippen LogP contribution in [0.4, 0.5) is 8.78 Å². The van der Waals surface area contributed by atoms with Crippen molar-refractivity contribution >= 4 is 15.9 Å². The lowest BCUT2D eigenvalue weighted by Crippen LogP contribution is -2.24. The van der Waals surface area contributed by atoms with E-state index in [9.17, 15) is 8.78 Å². The molecule has 2 atom stereocenters. The lowest BCUT2D eigenvalue weighted by atomic mass is 9.98. The summed E-state index contributed by atoms with van der Waals surface area (Å²) < 4.78 is 33.6. The van der Waals surface area contributed by atoms with Crippen molar-refractivity contribution in [1.82, 2.24) is 5.32 Å². The second kappa shape index (κ2) is 8.20. The third kappa shape index (κ3) is 4.73. The minimum absolute atomic E-state index is 0.164. The van der Waals surface area contributed by atoms with Crippen LogP contribution in [0, 0.1) is 11.6 Å². The van der Waals surface area contributed by atoms with E-state index >= 15 is 0 Å². The van der Waals surface area contributed by atoms with Gasteiger partial charge in [0, 0.05) is 18.2 Å². The van der Waals surface area contributed by atoms with E-state index in [0.29, 0.717) is 5.56 Å². The van der Waals surface area contributed by atoms with Crippen LogP contribution >= 0.6 is 15.9 Å². The van der Waals surface area contributed by atoms with Gasteiger partial charge in [0.15, 0.2) is 0 Å². The average Bonchev–Trinajstić information content (AvgIpc) is 2.97. The lowest BCUT2D eigenvalue weighted by molar-refractivity contribution is 0.0994. The van der Waals surface area contributed by atoms with Gasteiger partial charge >= 0.3 is 0 Å². The highest BCUT2D eigenvalue weighted by Crippen LogP contribution is 2.29. The van der Waals surface area contributed by atoms with Crippen LogP contribution in [-0.4, -0.2) is 19.3 Å². The zero-order chi connectivity index (χ0) is 15.2. The largest absolute Gasteiger partial charge is 0.378 e. The minimum Gasteiger partial charge on any atom is -0.378 e. The zero-order valence-electron chi connectivity index (χ0n) is 12.3. The molecule has 0 saturated carbocycles. The molecule has 1 saturated heterocycles. The number of ether oxygens (including phenoxy) is 1. The predicted molar refractivity (Wildman–Crippen MR) is 83.3 cm³/mol. The van der Waals surface area contributed by atoms with Crippen molar-refractivity contribution in [2.75, 3.05) is 13.2 Å². The van der Waals surface area contributed by atoms with E-state index in [2.05, 4.69) is 28.2 Å². The van der Waals surface area contributed by atoms with Gasteiger partial charge in [0.25, 0.3) is 0 Å². The summed E-state index contributed by atoms with van der Waals surface area (Å²) in [5.74, 6) is -0.795. The van der Waals surface area contributed by atoms with Crippen molar-refractivity contribution in [3.63, 3.8) is 0 Å². The summed E-state index contributed by atoms with van der Waals surface area (Å²) in [5, 5.41) is 3.32. The number of nitrogens with one attached hydrogen (secondary N) is 1. The molecule has 1 aliphatic heterocycles. The fourth-order valence-corrected chi connectivity index (χ4v) is 3.03. The van der Waals surface area contributed by atoms with Gasteiger partial charge in [0.05, 0.1) is 10.6 Å². The smallest absolute Gasteiger partial charge is 0.137 e. The molecule has 1 N–H and O–H groups in total. The summed E-state index contributed by atoms with van der Waals surface area (Å²) in [6.07, 6.45) is 5.01. The van der Waals surface area contributed by atoms with Crippen molar-refractivity contribution in [2.45, 2.75) is 51.2 Å². The van der Waals surface area contributed by atoms with E-state index in [4.69, 9.17) is 4.74 Å². The Hall–Kier alpha value is -0.520. The normalized spacial score (nSPS) is 19.9. The second-order valence-electron chi connectivity index (χ2n) is 5.51. The Morgan fingerprint density at radius 3 is 2.86 bits per heavy atom. The highest BCUT2D eigenvalue weighted by atomic mass is 79.9. The summed E-state index contributed by atoms with van der Waals surface area (Å²) in [7, 11) is 0. The van der Waals surface area contributed by atoms with Crippen LogP contribution in [0.15, 0.2) is 16.6 Å². The van der Waals surface area contributed by atoms with E-state index in [1.807, 2.05) is 0 Å². The molecule has 1 aromatic rings. The summed E-state index contributed by atoms with van der Waals surface area (Å²) in [4.78, 5) is 0. The summed E-state index contributed by atoms with van der Waals surface area (Å²) in [5.41, 5.74) is 0.405. The first-order valence-corrected chi connectivity index (χ1v) is 8.40. The van der Waals surface area contributed by atoms with Gasteiger partial charge in [-0.1, -0.05) is 6.92 Å². The average molecular weight is 362 g/mol. The third-order valence-electron chi connectivity index (χ3n) is 3.86. The molecule has 0 spiro atoms. The molecule has 2 unspecified atom stereocenters. The van der Waals surface area contributed by atoms with E-state index in [0.717, 1.165) is 45.3 Å². The van der Waals surface area contributed by atoms with Gasteiger partial charge in [0.1, 0.15) is 11.6 Å². The molecule has 1 aliphatic rings. The Balaban J connectivity index is 2.08. The van der Waals surface area contributed by atoms with E-state index in [1.165, 1.54) is 12.1 Å². The van der Waals surface area contributed by atoms with Crippen molar-refractivity contribution < 1.29 is 13.5 Å². The fraction of sp³-hybridized carbons (Fsp3) is 0.625. The van der Waals surface area contributed by atoms with Crippen molar-refractivity contribution in [1.29, 1.82) is 0 Å². The monoisotopic (exact) mass is 361 g/mol. The van der Waals surface area contributed by atoms with Crippen LogP contribution in [0.2, 0.25) is 0 Å². The molecule has 0 aliphatic carbocycles. The molecule has 0 bridgehead atoms. The van der Waals surface area contributed by atoms with Crippen molar-refractivity contribution in [3.05, 3.63) is 33.8 Å². The summed E-state index contributed by atoms with van der Waals surface area (Å²) >= 11 is 3.02. The van der Waals surface area contributed by atoms with Gasteiger partial charge in [-0.15, -0.1) is 0 Å². The van der Waals surface area contributed by atoms with Gasteiger partial charge in [-0.25, -0.2) is 8.78 Å². The number of hydrogen-bond donors (Lipinski definition) is 1. The Bertz CT molecular complexity index is 464. The second-order valence-corrected chi connectivity index (χ2v) is 6.36. The quantitative estimate of drug-likeness (QED) is 0.709. The Kier molecular flexibility index (Phi) is 6.58. The van der Waals surface area contributed by atoms with Crippen LogP contribution in [0.3, 0.4) is 0 Å². The maximum atomic E-state index is 14.1. The number of halogens is 3. The molecule has 5 heteroatoms. The number of rotatable bonds is 7. The zero-order valence-corrected chi connectivity index (χ0v) is 13.9. The van der Waals surface area contributed by atoms with Gasteiger partial charge in [0.2, 0.25) is 0 Å². The maximum Gasteiger partial charge on any atom is 0.137 e. The Morgan fingerprint density at radius 2 is 2.19 bits per heavy atom. The molecular weight excluding hydrogens is 340 g/mol. The van der Waals surface area contributed by atoms with E-state index < -0.39 is 5.82 Å². The summed E-state index contributed by atoms with van der Waals surface area (Å²) in [6.45, 7) is 3.66. The molecule has 0 radical (unpaired) electrons. The molecule has 0 amide bonds. The van der Waals surface area contributed by atoms with Crippen molar-refractivity contribution in [2.24, 2.45) is 0 Å². The summed E-state index contributed by atoms with van der Waals surface area (Å²) in [6, 6.07) is 2.33. The van der Waals surface area contributed by atoms with Gasteiger partial charge in [-0.2, -0.15) is 0 Å². The van der Waals surface area contributed by atoms with Crippen molar-refractivity contribution in [3.8, 4) is 0 Å². The minimum atomic E-state index is -0.424. The molecule has 1 fully saturated rings. The first kappa shape index (κ1) is 16.8. The molecule has 2 rings (SSSR count). The first-order valence-electron chi connectivity index (χ1n) is 7.61. The van der Waals surface area contributed by atoms with Gasteiger partial charge in [-0.3, -0.25) is 0 Å². The number of benzene rings is 1. The molecule has 1 aromatic carbocycles. The van der Waals surface area contributed by atoms with Crippen LogP contribution < -0.4 is 5.32 Å². The molecular formula is C16H22BrF2NO. The third-order valence-corrected chi connectivity index (χ3v) is 4.46. The van der Waals surface area contributed by atoms with Gasteiger partial charge in [-0.05, 0) is 66.7 Å². The predicted octanol–water partition coefficient (Wildman–Crippen LogP) is 4.73. The fourth-order valence-electron chi connectivity index (χ4n) is 2.72. The molecule has 1 heterocycles. The molecule has 118 valence electrons. The first-order chi connectivity index (χ1) is 10.1. The molecule has 21 heavy (non-hydrogen) atoms. The highest BCUT2D eigenvalue weighted by molar-refractivity contribution is 9.10. The number of hydrogen-bond acceptors (Lipinski definition) is 2. The topological polar surface area (TPSA) is 21.3 Å². The lowest BCUT2D eigenvalue weighted by Gasteiger charge is -2.21.